The lowest BCUT2D eigenvalue weighted by Gasteiger charge is -2.45. The van der Waals surface area contributed by atoms with E-state index in [4.69, 9.17) is 0 Å². The number of hydrogen-bond donors (Lipinski definition) is 1. The van der Waals surface area contributed by atoms with Crippen LogP contribution in [0.3, 0.4) is 0 Å². The molecule has 30 heavy (non-hydrogen) atoms. The van der Waals surface area contributed by atoms with Gasteiger partial charge in [0.1, 0.15) is 5.82 Å². The molecule has 0 saturated carbocycles. The van der Waals surface area contributed by atoms with Crippen LogP contribution in [0.1, 0.15) is 24.6 Å². The number of pyridine rings is 1. The first-order valence-electron chi connectivity index (χ1n) is 10.5. The number of rotatable bonds is 5. The quantitative estimate of drug-likeness (QED) is 0.743. The van der Waals surface area contributed by atoms with Crippen molar-refractivity contribution in [2.45, 2.75) is 45.5 Å². The Morgan fingerprint density at radius 1 is 1.10 bits per heavy atom. The van der Waals surface area contributed by atoms with Gasteiger partial charge in [0.2, 0.25) is 0 Å². The second kappa shape index (κ2) is 11.3. The molecule has 4 heterocycles. The Morgan fingerprint density at radius 3 is 2.50 bits per heavy atom. The summed E-state index contributed by atoms with van der Waals surface area (Å²) < 4.78 is 2.07. The van der Waals surface area contributed by atoms with Gasteiger partial charge in [0.05, 0.1) is 18.3 Å². The van der Waals surface area contributed by atoms with Crippen molar-refractivity contribution in [3.05, 3.63) is 41.9 Å². The van der Waals surface area contributed by atoms with Gasteiger partial charge < -0.3 is 10.0 Å². The smallest absolute Gasteiger partial charge is 0.128 e. The lowest BCUT2D eigenvalue weighted by Crippen LogP contribution is -2.60. The van der Waals surface area contributed by atoms with Crippen molar-refractivity contribution in [1.29, 1.82) is 0 Å². The topological polar surface area (TPSA) is 60.7 Å². The normalized spacial score (nSPS) is 23.0. The van der Waals surface area contributed by atoms with Gasteiger partial charge in [-0.15, -0.1) is 24.8 Å². The lowest BCUT2D eigenvalue weighted by molar-refractivity contribution is 0.00797. The van der Waals surface area contributed by atoms with E-state index in [-0.39, 0.29) is 37.0 Å². The van der Waals surface area contributed by atoms with Crippen molar-refractivity contribution in [3.8, 4) is 0 Å². The fourth-order valence-corrected chi connectivity index (χ4v) is 4.48. The standard InChI is InChI=1S/C21H32N6O.2ClH/c1-3-27-17(2)18(14-23-27)15-24-10-12-25(13-11-24)19-16-26(9-7-20(19)28)21-6-4-5-8-22-21;;/h4-6,8,14,19-20,28H,3,7,9-13,15-16H2,1-2H3;2*1H. The van der Waals surface area contributed by atoms with E-state index in [9.17, 15) is 5.11 Å². The summed E-state index contributed by atoms with van der Waals surface area (Å²) in [5.74, 6) is 1.02. The van der Waals surface area contributed by atoms with Gasteiger partial charge in [-0.2, -0.15) is 5.10 Å². The average molecular weight is 457 g/mol. The van der Waals surface area contributed by atoms with Crippen LogP contribution in [0.4, 0.5) is 5.82 Å². The van der Waals surface area contributed by atoms with Crippen molar-refractivity contribution < 1.29 is 5.11 Å². The number of aliphatic hydroxyl groups excluding tert-OH is 1. The van der Waals surface area contributed by atoms with Crippen LogP contribution in [0.2, 0.25) is 0 Å². The summed E-state index contributed by atoms with van der Waals surface area (Å²) >= 11 is 0. The molecule has 2 aromatic heterocycles. The maximum absolute atomic E-state index is 10.6. The molecule has 1 N–H and O–H groups in total. The summed E-state index contributed by atoms with van der Waals surface area (Å²) in [6.07, 6.45) is 4.41. The molecule has 0 radical (unpaired) electrons. The molecule has 7 nitrogen and oxygen atoms in total. The molecule has 0 bridgehead atoms. The fraction of sp³-hybridized carbons (Fsp3) is 0.619. The number of nitrogens with zero attached hydrogens (tertiary/aromatic N) is 6. The fourth-order valence-electron chi connectivity index (χ4n) is 4.48. The number of anilines is 1. The predicted molar refractivity (Wildman–Crippen MR) is 125 cm³/mol. The summed E-state index contributed by atoms with van der Waals surface area (Å²) in [6, 6.07) is 6.22. The molecule has 2 saturated heterocycles. The Balaban J connectivity index is 0.00000160. The van der Waals surface area contributed by atoms with E-state index in [1.54, 1.807) is 0 Å². The zero-order valence-corrected chi connectivity index (χ0v) is 19.5. The van der Waals surface area contributed by atoms with Crippen molar-refractivity contribution in [1.82, 2.24) is 24.6 Å². The predicted octanol–water partition coefficient (Wildman–Crippen LogP) is 2.21. The molecule has 2 atom stereocenters. The second-order valence-electron chi connectivity index (χ2n) is 7.94. The van der Waals surface area contributed by atoms with Crippen LogP contribution in [0, 0.1) is 6.92 Å². The first kappa shape index (κ1) is 24.9. The molecule has 2 aliphatic heterocycles. The minimum absolute atomic E-state index is 0. The van der Waals surface area contributed by atoms with E-state index in [0.717, 1.165) is 64.6 Å². The molecule has 2 fully saturated rings. The third kappa shape index (κ3) is 5.45. The minimum Gasteiger partial charge on any atom is -0.391 e. The van der Waals surface area contributed by atoms with Crippen molar-refractivity contribution in [3.63, 3.8) is 0 Å². The van der Waals surface area contributed by atoms with Crippen LogP contribution >= 0.6 is 24.8 Å². The van der Waals surface area contributed by atoms with Crippen LogP contribution in [-0.2, 0) is 13.1 Å². The number of halogens is 2. The zero-order chi connectivity index (χ0) is 19.5. The van der Waals surface area contributed by atoms with Crippen LogP contribution < -0.4 is 4.90 Å². The largest absolute Gasteiger partial charge is 0.391 e. The Bertz CT molecular complexity index is 766. The summed E-state index contributed by atoms with van der Waals surface area (Å²) in [5.41, 5.74) is 2.60. The summed E-state index contributed by atoms with van der Waals surface area (Å²) in [5, 5.41) is 15.1. The van der Waals surface area contributed by atoms with E-state index in [0.29, 0.717) is 0 Å². The second-order valence-corrected chi connectivity index (χ2v) is 7.94. The molecule has 2 unspecified atom stereocenters. The van der Waals surface area contributed by atoms with Crippen molar-refractivity contribution in [2.75, 3.05) is 44.2 Å². The molecule has 0 spiro atoms. The highest BCUT2D eigenvalue weighted by Gasteiger charge is 2.34. The van der Waals surface area contributed by atoms with Gasteiger partial charge >= 0.3 is 0 Å². The Morgan fingerprint density at radius 2 is 1.87 bits per heavy atom. The number of hydrogen-bond acceptors (Lipinski definition) is 6. The molecule has 2 aliphatic rings. The van der Waals surface area contributed by atoms with Gasteiger partial charge in [-0.3, -0.25) is 14.5 Å². The monoisotopic (exact) mass is 456 g/mol. The summed E-state index contributed by atoms with van der Waals surface area (Å²) in [4.78, 5) is 11.8. The van der Waals surface area contributed by atoms with Gasteiger partial charge in [-0.25, -0.2) is 4.98 Å². The highest BCUT2D eigenvalue weighted by Crippen LogP contribution is 2.23. The van der Waals surface area contributed by atoms with E-state index >= 15 is 0 Å². The Labute approximate surface area is 191 Å². The van der Waals surface area contributed by atoms with Crippen molar-refractivity contribution in [2.24, 2.45) is 0 Å². The first-order valence-corrected chi connectivity index (χ1v) is 10.5. The molecule has 2 aromatic rings. The van der Waals surface area contributed by atoms with E-state index in [1.165, 1.54) is 11.3 Å². The Kier molecular flexibility index (Phi) is 9.37. The molecule has 0 amide bonds. The van der Waals surface area contributed by atoms with E-state index < -0.39 is 0 Å². The highest BCUT2D eigenvalue weighted by molar-refractivity contribution is 5.85. The van der Waals surface area contributed by atoms with Gasteiger partial charge in [0.15, 0.2) is 0 Å². The zero-order valence-electron chi connectivity index (χ0n) is 17.9. The molecule has 0 aliphatic carbocycles. The first-order chi connectivity index (χ1) is 13.7. The molecule has 168 valence electrons. The number of aromatic nitrogens is 3. The van der Waals surface area contributed by atoms with Crippen LogP contribution in [0.5, 0.6) is 0 Å². The summed E-state index contributed by atoms with van der Waals surface area (Å²) in [7, 11) is 0. The Hall–Kier alpha value is -1.38. The van der Waals surface area contributed by atoms with Gasteiger partial charge in [0, 0.05) is 69.8 Å². The maximum atomic E-state index is 10.6. The lowest BCUT2D eigenvalue weighted by atomic mass is 9.99. The molecule has 9 heteroatoms. The molecule has 0 aromatic carbocycles. The minimum atomic E-state index is -0.253. The van der Waals surface area contributed by atoms with E-state index in [2.05, 4.69) is 49.4 Å². The van der Waals surface area contributed by atoms with Crippen LogP contribution in [0.15, 0.2) is 30.6 Å². The maximum Gasteiger partial charge on any atom is 0.128 e. The molecular weight excluding hydrogens is 423 g/mol. The van der Waals surface area contributed by atoms with E-state index in [1.807, 2.05) is 24.5 Å². The number of aliphatic hydroxyl groups is 1. The van der Waals surface area contributed by atoms with Gasteiger partial charge in [-0.05, 0) is 32.4 Å². The van der Waals surface area contributed by atoms with Crippen LogP contribution in [0.25, 0.3) is 0 Å². The third-order valence-corrected chi connectivity index (χ3v) is 6.29. The van der Waals surface area contributed by atoms with Gasteiger partial charge in [-0.1, -0.05) is 6.07 Å². The molecule has 4 rings (SSSR count). The number of piperazine rings is 1. The van der Waals surface area contributed by atoms with Crippen LogP contribution in [-0.4, -0.2) is 81.1 Å². The molecular formula is C21H34Cl2N6O. The third-order valence-electron chi connectivity index (χ3n) is 6.29. The number of aryl methyl sites for hydroxylation is 1. The highest BCUT2D eigenvalue weighted by atomic mass is 35.5. The average Bonchev–Trinajstić information content (AvgIpc) is 3.09. The number of piperidine rings is 1. The summed E-state index contributed by atoms with van der Waals surface area (Å²) in [6.45, 7) is 12.0. The van der Waals surface area contributed by atoms with Crippen molar-refractivity contribution >= 4 is 30.6 Å². The van der Waals surface area contributed by atoms with Gasteiger partial charge in [0.25, 0.3) is 0 Å². The SMILES string of the molecule is CCn1ncc(CN2CCN(C3CN(c4ccccn4)CCC3O)CC2)c1C.Cl.Cl.